The van der Waals surface area contributed by atoms with Crippen molar-refractivity contribution in [1.29, 1.82) is 0 Å². The Bertz CT molecular complexity index is 4740. The first-order chi connectivity index (χ1) is 44.0. The number of aryl methyl sites for hydroxylation is 2. The molecule has 10 aromatic rings. The largest absolute Gasteiger partial charge is 0.510 e. The van der Waals surface area contributed by atoms with Gasteiger partial charge in [-0.25, -0.2) is 4.98 Å². The maximum atomic E-state index is 10.3. The van der Waals surface area contributed by atoms with Gasteiger partial charge in [-0.15, -0.1) is 29.7 Å². The van der Waals surface area contributed by atoms with Gasteiger partial charge >= 0.3 is 0 Å². The molecule has 0 unspecified atom stereocenters. The third-order valence-corrected chi connectivity index (χ3v) is 13.0. The molecule has 11 rings (SSSR count). The molecule has 0 aliphatic heterocycles. The molecule has 0 radical (unpaired) electrons. The van der Waals surface area contributed by atoms with Crippen LogP contribution in [0.4, 0.5) is 0 Å². The van der Waals surface area contributed by atoms with E-state index in [1.165, 1.54) is 18.2 Å². The molecule has 3 heterocycles. The first-order valence-electron chi connectivity index (χ1n) is 35.6. The normalized spacial score (nSPS) is 21.9. The molecule has 366 valence electrons. The Hall–Kier alpha value is -6.55. The molecule has 0 bridgehead atoms. The fourth-order valence-electron chi connectivity index (χ4n) is 9.17. The van der Waals surface area contributed by atoms with Crippen LogP contribution in [0.5, 0.6) is 11.5 Å². The summed E-state index contributed by atoms with van der Waals surface area (Å²) in [6, 6.07) is 37.0. The maximum Gasteiger partial charge on any atom is 0.268 e. The molecule has 0 spiro atoms. The van der Waals surface area contributed by atoms with Crippen molar-refractivity contribution in [3.63, 3.8) is 0 Å². The predicted molar refractivity (Wildman–Crippen MR) is 293 cm³/mol. The Balaban J connectivity index is 0.0000102. The summed E-state index contributed by atoms with van der Waals surface area (Å²) in [5.74, 6) is 0.403. The van der Waals surface area contributed by atoms with E-state index in [-0.39, 0.29) is 49.6 Å². The molecule has 1 aliphatic carbocycles. The number of rotatable bonds is 7. The fraction of sp³-hybridized carbons (Fsp3) is 0.273. The number of pyridine rings is 1. The molecular weight excluding hydrogens is 1060 g/mol. The zero-order chi connectivity index (χ0) is 71.0. The van der Waals surface area contributed by atoms with Crippen LogP contribution in [0.15, 0.2) is 146 Å². The molecule has 0 atom stereocenters. The van der Waals surface area contributed by atoms with Gasteiger partial charge in [0.25, 0.3) is 6.33 Å². The zero-order valence-electron chi connectivity index (χ0n) is 65.1. The molecule has 7 aromatic carbocycles. The summed E-state index contributed by atoms with van der Waals surface area (Å²) < 4.78 is 236. The van der Waals surface area contributed by atoms with Gasteiger partial charge in [0.1, 0.15) is 5.82 Å². The molecule has 5 nitrogen and oxygen atoms in total. The van der Waals surface area contributed by atoms with Crippen LogP contribution in [0.1, 0.15) is 149 Å². The van der Waals surface area contributed by atoms with Crippen molar-refractivity contribution < 1.29 is 64.6 Å². The average molecular weight is 1150 g/mol. The Labute approximate surface area is 475 Å². The molecule has 0 saturated heterocycles. The number of ether oxygens (including phenoxy) is 1. The predicted octanol–water partition coefficient (Wildman–Crippen LogP) is 16.5. The van der Waals surface area contributed by atoms with E-state index in [9.17, 15) is 9.60 Å². The van der Waals surface area contributed by atoms with E-state index in [1.807, 2.05) is 65.8 Å². The van der Waals surface area contributed by atoms with Gasteiger partial charge in [-0.05, 0) is 127 Å². The zero-order valence-corrected chi connectivity index (χ0v) is 42.4. The number of hydrogen-bond acceptors (Lipinski definition) is 2. The monoisotopic (exact) mass is 1150 g/mol. The van der Waals surface area contributed by atoms with Crippen molar-refractivity contribution in [3.8, 4) is 50.9 Å². The molecular formula is C66H64N4OPt-2. The van der Waals surface area contributed by atoms with Crippen LogP contribution in [0, 0.1) is 32.2 Å². The number of aromatic nitrogens is 4. The van der Waals surface area contributed by atoms with Crippen molar-refractivity contribution in [2.75, 3.05) is 0 Å². The van der Waals surface area contributed by atoms with Gasteiger partial charge in [0.05, 0.1) is 20.8 Å². The summed E-state index contributed by atoms with van der Waals surface area (Å²) in [6.07, 6.45) is -4.61. The minimum atomic E-state index is -4.55. The molecule has 3 aromatic heterocycles. The van der Waals surface area contributed by atoms with Crippen LogP contribution in [0.3, 0.4) is 0 Å². The average Bonchev–Trinajstić information content (AvgIpc) is 1.63. The summed E-state index contributed by atoms with van der Waals surface area (Å²) in [7, 11) is 0. The topological polar surface area (TPSA) is 35.9 Å². The van der Waals surface area contributed by atoms with Crippen molar-refractivity contribution in [2.24, 2.45) is 0 Å². The van der Waals surface area contributed by atoms with Crippen molar-refractivity contribution in [3.05, 3.63) is 197 Å². The molecule has 6 heteroatoms. The summed E-state index contributed by atoms with van der Waals surface area (Å²) in [4.78, 5) is 4.47. The molecule has 0 saturated carbocycles. The summed E-state index contributed by atoms with van der Waals surface area (Å²) >= 11 is 0. The van der Waals surface area contributed by atoms with Crippen LogP contribution >= 0.6 is 0 Å². The molecule has 0 amide bonds. The van der Waals surface area contributed by atoms with Gasteiger partial charge < -0.3 is 13.9 Å². The second kappa shape index (κ2) is 17.9. The van der Waals surface area contributed by atoms with Gasteiger partial charge in [0.2, 0.25) is 0 Å². The second-order valence-corrected chi connectivity index (χ2v) is 20.0. The summed E-state index contributed by atoms with van der Waals surface area (Å²) in [5.41, 5.74) is -9.92. The minimum Gasteiger partial charge on any atom is -0.510 e. The van der Waals surface area contributed by atoms with Crippen LogP contribution in [0.2, 0.25) is 0 Å². The van der Waals surface area contributed by atoms with Crippen molar-refractivity contribution >= 4 is 32.8 Å². The summed E-state index contributed by atoms with van der Waals surface area (Å²) in [6.45, 7) is -10.6. The minimum absolute atomic E-state index is 0. The standard InChI is InChI=1S/C66H64N4O.Pt/c1-42-33-61(67-40-43(42)2)70-57-24-14-13-21-53(57)54-29-28-50(39-60(54)70)71-49-20-17-19-48(38-49)68-41-69(59-26-16-15-25-58(59)68)62-51(44-27-30-55-56(36-44)66(11,12)32-31-65(55,9)10)22-18-23-52(62)45-34-46(63(3,4)5)37-47(35-45)64(6,7)8;/h13-30,33-37,40H,31-32H2,1-12H3;/q-2;/i1D3,2D3,9D3,10D3,11D3,12D3,27D,30D,31D2,32D2,36D;. The van der Waals surface area contributed by atoms with Gasteiger partial charge in [-0.2, -0.15) is 18.2 Å². The molecule has 72 heavy (non-hydrogen) atoms. The Morgan fingerprint density at radius 3 is 2.06 bits per heavy atom. The van der Waals surface area contributed by atoms with Crippen LogP contribution in [-0.2, 0) is 42.7 Å². The SMILES string of the molecule is [2H]c1c([2H])c2c(c([2H])c1-c1cccc(-c3cc(C(C)(C)C)cc(C(C)(C)C)c3)c1-[n+]1[c-]n(-c3[c-]c(Oc4[c-]c5c(cc4)c4ccccc4n5-c4cc(C([2H])([2H])[2H])c(C([2H])([2H])[2H])cn4)ccc3)c3ccccc31)C(C([2H])([2H])[2H])(C([2H])([2H])[2H])C([2H])([2H])C([2H])([2H])C2(C([2H])([2H])[2H])C([2H])([2H])[2H].[Pt]. The summed E-state index contributed by atoms with van der Waals surface area (Å²) in [5, 5.41) is 1.41. The molecule has 0 fully saturated rings. The molecule has 0 N–H and O–H groups in total. The van der Waals surface area contributed by atoms with E-state index in [2.05, 4.69) is 29.5 Å². The fourth-order valence-corrected chi connectivity index (χ4v) is 9.17. The van der Waals surface area contributed by atoms with Gasteiger partial charge in [0.15, 0.2) is 0 Å². The van der Waals surface area contributed by atoms with Crippen LogP contribution in [0.25, 0.3) is 72.3 Å². The number of benzene rings is 7. The van der Waals surface area contributed by atoms with E-state index in [1.54, 1.807) is 86.5 Å². The van der Waals surface area contributed by atoms with Crippen molar-refractivity contribution in [1.82, 2.24) is 14.1 Å². The van der Waals surface area contributed by atoms with Crippen molar-refractivity contribution in [2.45, 2.75) is 117 Å². The Kier molecular flexibility index (Phi) is 6.83. The Morgan fingerprint density at radius 2 is 1.33 bits per heavy atom. The smallest absolute Gasteiger partial charge is 0.268 e. The number of nitrogens with zero attached hydrogens (tertiary/aromatic N) is 4. The van der Waals surface area contributed by atoms with Gasteiger partial charge in [0, 0.05) is 74.4 Å². The quantitative estimate of drug-likeness (QED) is 0.118. The van der Waals surface area contributed by atoms with E-state index >= 15 is 0 Å². The Morgan fingerprint density at radius 1 is 0.667 bits per heavy atom. The number of fused-ring (bicyclic) bond motifs is 5. The number of imidazole rings is 1. The van der Waals surface area contributed by atoms with Gasteiger partial charge in [-0.1, -0.05) is 171 Å². The molecule has 1 aliphatic rings. The van der Waals surface area contributed by atoms with E-state index < -0.39 is 121 Å². The second-order valence-electron chi connectivity index (χ2n) is 20.0. The van der Waals surface area contributed by atoms with E-state index in [0.29, 0.717) is 44.3 Å². The van der Waals surface area contributed by atoms with Gasteiger partial charge in [-0.3, -0.25) is 4.57 Å². The van der Waals surface area contributed by atoms with E-state index in [4.69, 9.17) is 29.4 Å². The third kappa shape index (κ3) is 8.62. The third-order valence-electron chi connectivity index (χ3n) is 13.0. The first kappa shape index (κ1) is 27.5. The first-order valence-corrected chi connectivity index (χ1v) is 23.1. The number of hydrogen-bond donors (Lipinski definition) is 0. The van der Waals surface area contributed by atoms with Crippen LogP contribution < -0.4 is 9.30 Å². The number of para-hydroxylation sites is 4. The maximum absolute atomic E-state index is 10.3. The van der Waals surface area contributed by atoms with Crippen LogP contribution in [-0.4, -0.2) is 14.1 Å². The van der Waals surface area contributed by atoms with E-state index in [0.717, 1.165) is 22.7 Å².